The zero-order valence-corrected chi connectivity index (χ0v) is 11.2. The van der Waals surface area contributed by atoms with Crippen LogP contribution < -0.4 is 4.90 Å². The van der Waals surface area contributed by atoms with E-state index < -0.39 is 0 Å². The maximum absolute atomic E-state index is 11.3. The Balaban J connectivity index is 2.02. The molecule has 4 heteroatoms. The van der Waals surface area contributed by atoms with Gasteiger partial charge in [-0.15, -0.1) is 0 Å². The number of aromatic nitrogens is 2. The highest BCUT2D eigenvalue weighted by Crippen LogP contribution is 2.12. The minimum Gasteiger partial charge on any atom is -0.359 e. The first-order valence-electron chi connectivity index (χ1n) is 6.25. The van der Waals surface area contributed by atoms with Crippen molar-refractivity contribution < 1.29 is 4.79 Å². The Labute approximate surface area is 113 Å². The molecular weight excluding hydrogens is 238 g/mol. The Bertz CT molecular complexity index is 554. The highest BCUT2D eigenvalue weighted by molar-refractivity contribution is 5.94. The molecule has 0 atom stereocenters. The van der Waals surface area contributed by atoms with Crippen molar-refractivity contribution in [2.45, 2.75) is 13.3 Å². The fraction of sp³-hybridized carbons (Fsp3) is 0.267. The third-order valence-electron chi connectivity index (χ3n) is 2.97. The molecule has 98 valence electrons. The van der Waals surface area contributed by atoms with Crippen molar-refractivity contribution in [3.8, 4) is 0 Å². The number of carbonyl (C=O) groups excluding carboxylic acids is 1. The smallest absolute Gasteiger partial charge is 0.159 e. The summed E-state index contributed by atoms with van der Waals surface area (Å²) in [6.45, 7) is 2.37. The first kappa shape index (κ1) is 13.2. The number of ketones is 1. The van der Waals surface area contributed by atoms with Crippen molar-refractivity contribution in [3.05, 3.63) is 54.0 Å². The maximum Gasteiger partial charge on any atom is 0.159 e. The van der Waals surface area contributed by atoms with E-state index in [0.717, 1.165) is 24.5 Å². The number of hydrogen-bond acceptors (Lipinski definition) is 4. The fourth-order valence-corrected chi connectivity index (χ4v) is 1.79. The number of hydrogen-bond donors (Lipinski definition) is 0. The van der Waals surface area contributed by atoms with Gasteiger partial charge >= 0.3 is 0 Å². The summed E-state index contributed by atoms with van der Waals surface area (Å²) in [4.78, 5) is 21.9. The number of Topliss-reactive ketones (excluding diaryl/α,β-unsaturated/α-hetero) is 1. The van der Waals surface area contributed by atoms with Crippen molar-refractivity contribution in [1.29, 1.82) is 0 Å². The summed E-state index contributed by atoms with van der Waals surface area (Å²) in [6.07, 6.45) is 4.32. The second-order valence-corrected chi connectivity index (χ2v) is 4.45. The predicted molar refractivity (Wildman–Crippen MR) is 75.5 cm³/mol. The van der Waals surface area contributed by atoms with Gasteiger partial charge in [-0.05, 0) is 31.2 Å². The van der Waals surface area contributed by atoms with E-state index in [1.807, 2.05) is 36.2 Å². The van der Waals surface area contributed by atoms with Gasteiger partial charge in [-0.1, -0.05) is 6.07 Å². The van der Waals surface area contributed by atoms with E-state index in [1.165, 1.54) is 0 Å². The fourth-order valence-electron chi connectivity index (χ4n) is 1.79. The molecule has 0 unspecified atom stereocenters. The second kappa shape index (κ2) is 6.09. The molecule has 2 rings (SSSR count). The Morgan fingerprint density at radius 2 is 2.05 bits per heavy atom. The summed E-state index contributed by atoms with van der Waals surface area (Å²) in [7, 11) is 1.97. The van der Waals surface area contributed by atoms with Crippen molar-refractivity contribution in [3.63, 3.8) is 0 Å². The molecule has 0 amide bonds. The quantitative estimate of drug-likeness (QED) is 0.769. The maximum atomic E-state index is 11.3. The number of pyridine rings is 2. The lowest BCUT2D eigenvalue weighted by atomic mass is 10.2. The highest BCUT2D eigenvalue weighted by Gasteiger charge is 2.06. The van der Waals surface area contributed by atoms with Crippen LogP contribution in [0.2, 0.25) is 0 Å². The van der Waals surface area contributed by atoms with Gasteiger partial charge in [-0.3, -0.25) is 9.78 Å². The van der Waals surface area contributed by atoms with E-state index >= 15 is 0 Å². The van der Waals surface area contributed by atoms with E-state index in [2.05, 4.69) is 9.97 Å². The summed E-state index contributed by atoms with van der Waals surface area (Å²) >= 11 is 0. The topological polar surface area (TPSA) is 46.1 Å². The van der Waals surface area contributed by atoms with E-state index in [4.69, 9.17) is 0 Å². The van der Waals surface area contributed by atoms with Gasteiger partial charge in [0.25, 0.3) is 0 Å². The molecule has 4 nitrogen and oxygen atoms in total. The van der Waals surface area contributed by atoms with Crippen molar-refractivity contribution >= 4 is 11.6 Å². The van der Waals surface area contributed by atoms with E-state index in [9.17, 15) is 4.79 Å². The number of anilines is 1. The molecule has 0 bridgehead atoms. The Hall–Kier alpha value is -2.23. The lowest BCUT2D eigenvalue weighted by Crippen LogP contribution is -2.22. The monoisotopic (exact) mass is 255 g/mol. The number of carbonyl (C=O) groups is 1. The molecule has 0 fully saturated rings. The van der Waals surface area contributed by atoms with E-state index in [1.54, 1.807) is 25.4 Å². The Morgan fingerprint density at radius 1 is 1.21 bits per heavy atom. The zero-order valence-electron chi connectivity index (χ0n) is 11.2. The summed E-state index contributed by atoms with van der Waals surface area (Å²) in [6, 6.07) is 9.45. The molecule has 2 heterocycles. The summed E-state index contributed by atoms with van der Waals surface area (Å²) in [5.41, 5.74) is 1.74. The van der Waals surface area contributed by atoms with Crippen LogP contribution in [0.5, 0.6) is 0 Å². The van der Waals surface area contributed by atoms with Gasteiger partial charge in [-0.2, -0.15) is 0 Å². The van der Waals surface area contributed by atoms with Crippen LogP contribution >= 0.6 is 0 Å². The molecule has 0 aliphatic carbocycles. The van der Waals surface area contributed by atoms with Crippen LogP contribution in [-0.2, 0) is 6.42 Å². The van der Waals surface area contributed by atoms with E-state index in [0.29, 0.717) is 5.56 Å². The highest BCUT2D eigenvalue weighted by atomic mass is 16.1. The Kier molecular flexibility index (Phi) is 4.23. The van der Waals surface area contributed by atoms with Crippen LogP contribution in [0.25, 0.3) is 0 Å². The molecule has 2 aromatic rings. The normalized spacial score (nSPS) is 10.2. The largest absolute Gasteiger partial charge is 0.359 e. The zero-order chi connectivity index (χ0) is 13.7. The third kappa shape index (κ3) is 3.61. The number of rotatable bonds is 5. The van der Waals surface area contributed by atoms with Crippen LogP contribution in [0.15, 0.2) is 42.7 Å². The van der Waals surface area contributed by atoms with Crippen LogP contribution in [-0.4, -0.2) is 29.3 Å². The molecule has 0 aliphatic heterocycles. The Morgan fingerprint density at radius 3 is 2.74 bits per heavy atom. The molecule has 2 aromatic heterocycles. The van der Waals surface area contributed by atoms with Gasteiger partial charge in [0.2, 0.25) is 0 Å². The molecule has 19 heavy (non-hydrogen) atoms. The molecule has 0 radical (unpaired) electrons. The van der Waals surface area contributed by atoms with Gasteiger partial charge in [-0.25, -0.2) is 4.98 Å². The van der Waals surface area contributed by atoms with E-state index in [-0.39, 0.29) is 5.78 Å². The van der Waals surface area contributed by atoms with Crippen molar-refractivity contribution in [2.75, 3.05) is 18.5 Å². The predicted octanol–water partition coefficient (Wildman–Crippen LogP) is 2.36. The number of nitrogens with zero attached hydrogens (tertiary/aromatic N) is 3. The van der Waals surface area contributed by atoms with Crippen molar-refractivity contribution in [2.24, 2.45) is 0 Å². The van der Waals surface area contributed by atoms with Gasteiger partial charge in [0.05, 0.1) is 0 Å². The lowest BCUT2D eigenvalue weighted by molar-refractivity contribution is 0.101. The third-order valence-corrected chi connectivity index (χ3v) is 2.97. The summed E-state index contributed by atoms with van der Waals surface area (Å²) in [5.74, 6) is 0.866. The van der Waals surface area contributed by atoms with Gasteiger partial charge in [0.15, 0.2) is 5.78 Å². The molecule has 0 N–H and O–H groups in total. The molecule has 0 spiro atoms. The summed E-state index contributed by atoms with van der Waals surface area (Å²) < 4.78 is 0. The average molecular weight is 255 g/mol. The lowest BCUT2D eigenvalue weighted by Gasteiger charge is -2.18. The van der Waals surface area contributed by atoms with Gasteiger partial charge < -0.3 is 4.90 Å². The van der Waals surface area contributed by atoms with Crippen molar-refractivity contribution in [1.82, 2.24) is 9.97 Å². The first-order chi connectivity index (χ1) is 9.16. The SMILES string of the molecule is CC(=O)c1ccnc(N(C)CCc2ccccn2)c1. The number of likely N-dealkylation sites (N-methyl/N-ethyl adjacent to an activating group) is 1. The molecule has 0 aliphatic rings. The van der Waals surface area contributed by atoms with Gasteiger partial charge in [0, 0.05) is 43.7 Å². The minimum atomic E-state index is 0.0572. The first-order valence-corrected chi connectivity index (χ1v) is 6.25. The second-order valence-electron chi connectivity index (χ2n) is 4.45. The van der Waals surface area contributed by atoms with Gasteiger partial charge in [0.1, 0.15) is 5.82 Å². The average Bonchev–Trinajstić information content (AvgIpc) is 2.46. The molecule has 0 saturated heterocycles. The van der Waals surface area contributed by atoms with Crippen LogP contribution in [0, 0.1) is 0 Å². The molecule has 0 aromatic carbocycles. The van der Waals surface area contributed by atoms with Crippen LogP contribution in [0.1, 0.15) is 23.0 Å². The standard InChI is InChI=1S/C15H17N3O/c1-12(19)13-6-9-17-15(11-13)18(2)10-7-14-5-3-4-8-16-14/h3-6,8-9,11H,7,10H2,1-2H3. The molecular formula is C15H17N3O. The molecule has 0 saturated carbocycles. The minimum absolute atomic E-state index is 0.0572. The summed E-state index contributed by atoms with van der Waals surface area (Å²) in [5, 5.41) is 0. The van der Waals surface area contributed by atoms with Crippen LogP contribution in [0.3, 0.4) is 0 Å². The van der Waals surface area contributed by atoms with Crippen LogP contribution in [0.4, 0.5) is 5.82 Å².